The van der Waals surface area contributed by atoms with Gasteiger partial charge in [0.25, 0.3) is 0 Å². The standard InChI is InChI=1S/C17H12N4O4/c18-9-8-16-19-17(20-25-16)13-6-7-15(14(10-13)21(22)23)24-11-12-4-2-1-3-5-12/h1-7,10H,8,11H2. The maximum Gasteiger partial charge on any atom is 0.311 e. The highest BCUT2D eigenvalue weighted by atomic mass is 16.6. The van der Waals surface area contributed by atoms with Gasteiger partial charge in [0.15, 0.2) is 5.75 Å². The lowest BCUT2D eigenvalue weighted by Gasteiger charge is -2.07. The molecule has 0 fully saturated rings. The zero-order chi connectivity index (χ0) is 17.6. The molecule has 0 aliphatic rings. The van der Waals surface area contributed by atoms with E-state index in [1.54, 1.807) is 6.07 Å². The van der Waals surface area contributed by atoms with Crippen LogP contribution in [0.3, 0.4) is 0 Å². The molecular formula is C17H12N4O4. The number of ether oxygens (including phenoxy) is 1. The van der Waals surface area contributed by atoms with Crippen LogP contribution in [-0.4, -0.2) is 15.1 Å². The highest BCUT2D eigenvalue weighted by Crippen LogP contribution is 2.32. The Hall–Kier alpha value is -3.73. The van der Waals surface area contributed by atoms with Gasteiger partial charge >= 0.3 is 5.69 Å². The molecule has 25 heavy (non-hydrogen) atoms. The zero-order valence-electron chi connectivity index (χ0n) is 13.0. The van der Waals surface area contributed by atoms with E-state index >= 15 is 0 Å². The van der Waals surface area contributed by atoms with Crippen LogP contribution in [0.15, 0.2) is 53.1 Å². The Morgan fingerprint density at radius 1 is 1.24 bits per heavy atom. The highest BCUT2D eigenvalue weighted by Gasteiger charge is 2.19. The third kappa shape index (κ3) is 3.79. The van der Waals surface area contributed by atoms with Gasteiger partial charge in [-0.3, -0.25) is 10.1 Å². The van der Waals surface area contributed by atoms with Gasteiger partial charge in [-0.2, -0.15) is 10.2 Å². The Kier molecular flexibility index (Phi) is 4.67. The number of hydrogen-bond acceptors (Lipinski definition) is 7. The second kappa shape index (κ2) is 7.23. The molecule has 0 aliphatic carbocycles. The Morgan fingerprint density at radius 3 is 2.76 bits per heavy atom. The van der Waals surface area contributed by atoms with Gasteiger partial charge in [0.1, 0.15) is 13.0 Å². The van der Waals surface area contributed by atoms with Crippen LogP contribution in [0, 0.1) is 21.4 Å². The summed E-state index contributed by atoms with van der Waals surface area (Å²) in [5.41, 5.74) is 1.12. The number of nitro groups is 1. The number of aromatic nitrogens is 2. The zero-order valence-corrected chi connectivity index (χ0v) is 13.0. The van der Waals surface area contributed by atoms with E-state index < -0.39 is 4.92 Å². The van der Waals surface area contributed by atoms with Crippen LogP contribution in [0.1, 0.15) is 11.5 Å². The molecule has 1 heterocycles. The minimum absolute atomic E-state index is 0.0205. The fourth-order valence-electron chi connectivity index (χ4n) is 2.17. The predicted molar refractivity (Wildman–Crippen MR) is 86.5 cm³/mol. The Balaban J connectivity index is 1.85. The minimum atomic E-state index is -0.528. The molecule has 1 aromatic heterocycles. The molecule has 0 aliphatic heterocycles. The van der Waals surface area contributed by atoms with Gasteiger partial charge in [0, 0.05) is 11.6 Å². The lowest BCUT2D eigenvalue weighted by Crippen LogP contribution is -1.99. The van der Waals surface area contributed by atoms with E-state index in [1.165, 1.54) is 12.1 Å². The van der Waals surface area contributed by atoms with Gasteiger partial charge < -0.3 is 9.26 Å². The van der Waals surface area contributed by atoms with Crippen LogP contribution < -0.4 is 4.74 Å². The van der Waals surface area contributed by atoms with Crippen LogP contribution in [0.2, 0.25) is 0 Å². The Labute approximate surface area is 142 Å². The Morgan fingerprint density at radius 2 is 2.04 bits per heavy atom. The summed E-state index contributed by atoms with van der Waals surface area (Å²) >= 11 is 0. The van der Waals surface area contributed by atoms with E-state index in [-0.39, 0.29) is 36.2 Å². The summed E-state index contributed by atoms with van der Waals surface area (Å²) in [5, 5.41) is 23.7. The summed E-state index contributed by atoms with van der Waals surface area (Å²) in [6, 6.07) is 15.7. The molecule has 0 amide bonds. The lowest BCUT2D eigenvalue weighted by atomic mass is 10.1. The summed E-state index contributed by atoms with van der Waals surface area (Å²) < 4.78 is 10.5. The van der Waals surface area contributed by atoms with Gasteiger partial charge in [0.2, 0.25) is 11.7 Å². The van der Waals surface area contributed by atoms with Gasteiger partial charge in [-0.05, 0) is 17.7 Å². The lowest BCUT2D eigenvalue weighted by molar-refractivity contribution is -0.385. The smallest absolute Gasteiger partial charge is 0.311 e. The summed E-state index contributed by atoms with van der Waals surface area (Å²) in [7, 11) is 0. The number of rotatable bonds is 6. The molecule has 0 bridgehead atoms. The predicted octanol–water partition coefficient (Wildman–Crippen LogP) is 3.29. The molecule has 3 aromatic rings. The largest absolute Gasteiger partial charge is 0.482 e. The molecule has 3 rings (SSSR count). The molecule has 8 heteroatoms. The van der Waals surface area contributed by atoms with E-state index in [1.807, 2.05) is 36.4 Å². The van der Waals surface area contributed by atoms with Crippen LogP contribution in [-0.2, 0) is 13.0 Å². The molecule has 0 spiro atoms. The summed E-state index contributed by atoms with van der Waals surface area (Å²) in [6.07, 6.45) is -0.0205. The molecule has 0 unspecified atom stereocenters. The first-order valence-corrected chi connectivity index (χ1v) is 7.32. The van der Waals surface area contributed by atoms with E-state index in [0.717, 1.165) is 5.56 Å². The van der Waals surface area contributed by atoms with E-state index in [0.29, 0.717) is 5.56 Å². The van der Waals surface area contributed by atoms with Gasteiger partial charge in [-0.25, -0.2) is 0 Å². The molecule has 0 radical (unpaired) electrons. The van der Waals surface area contributed by atoms with E-state index in [4.69, 9.17) is 14.5 Å². The number of hydrogen-bond donors (Lipinski definition) is 0. The number of nitrogens with zero attached hydrogens (tertiary/aromatic N) is 4. The third-order valence-electron chi connectivity index (χ3n) is 3.35. The van der Waals surface area contributed by atoms with Crippen molar-refractivity contribution in [2.24, 2.45) is 0 Å². The van der Waals surface area contributed by atoms with Crippen molar-refractivity contribution in [3.63, 3.8) is 0 Å². The van der Waals surface area contributed by atoms with Crippen LogP contribution in [0.4, 0.5) is 5.69 Å². The fourth-order valence-corrected chi connectivity index (χ4v) is 2.17. The van der Waals surface area contributed by atoms with Crippen molar-refractivity contribution in [1.82, 2.24) is 10.1 Å². The van der Waals surface area contributed by atoms with Crippen molar-refractivity contribution >= 4 is 5.69 Å². The van der Waals surface area contributed by atoms with Crippen LogP contribution in [0.5, 0.6) is 5.75 Å². The molecule has 0 N–H and O–H groups in total. The maximum atomic E-state index is 11.3. The number of nitriles is 1. The van der Waals surface area contributed by atoms with E-state index in [2.05, 4.69) is 10.1 Å². The monoisotopic (exact) mass is 336 g/mol. The maximum absolute atomic E-state index is 11.3. The number of benzene rings is 2. The fraction of sp³-hybridized carbons (Fsp3) is 0.118. The average Bonchev–Trinajstić information content (AvgIpc) is 3.09. The first-order valence-electron chi connectivity index (χ1n) is 7.32. The molecular weight excluding hydrogens is 324 g/mol. The first kappa shape index (κ1) is 16.1. The van der Waals surface area contributed by atoms with Crippen molar-refractivity contribution in [3.8, 4) is 23.2 Å². The quantitative estimate of drug-likeness (QED) is 0.501. The molecule has 0 atom stereocenters. The normalized spacial score (nSPS) is 10.2. The summed E-state index contributed by atoms with van der Waals surface area (Å²) in [4.78, 5) is 14.8. The first-order chi connectivity index (χ1) is 12.2. The molecule has 124 valence electrons. The topological polar surface area (TPSA) is 115 Å². The highest BCUT2D eigenvalue weighted by molar-refractivity contribution is 5.63. The second-order valence-corrected chi connectivity index (χ2v) is 5.06. The molecule has 0 saturated carbocycles. The van der Waals surface area contributed by atoms with Crippen molar-refractivity contribution in [2.45, 2.75) is 13.0 Å². The SMILES string of the molecule is N#CCc1nc(-c2ccc(OCc3ccccc3)c([N+](=O)[O-])c2)no1. The number of nitro benzene ring substituents is 1. The Bertz CT molecular complexity index is 931. The molecule has 0 saturated heterocycles. The van der Waals surface area contributed by atoms with Gasteiger partial charge in [0.05, 0.1) is 11.0 Å². The summed E-state index contributed by atoms with van der Waals surface area (Å²) in [5.74, 6) is 0.492. The van der Waals surface area contributed by atoms with Crippen molar-refractivity contribution in [1.29, 1.82) is 5.26 Å². The van der Waals surface area contributed by atoms with Gasteiger partial charge in [-0.15, -0.1) is 0 Å². The second-order valence-electron chi connectivity index (χ2n) is 5.06. The third-order valence-corrected chi connectivity index (χ3v) is 3.35. The van der Waals surface area contributed by atoms with Crippen molar-refractivity contribution in [3.05, 3.63) is 70.1 Å². The van der Waals surface area contributed by atoms with Crippen LogP contribution in [0.25, 0.3) is 11.4 Å². The summed E-state index contributed by atoms with van der Waals surface area (Å²) in [6.45, 7) is 0.218. The minimum Gasteiger partial charge on any atom is -0.482 e. The average molecular weight is 336 g/mol. The molecule has 8 nitrogen and oxygen atoms in total. The molecule has 2 aromatic carbocycles. The van der Waals surface area contributed by atoms with Crippen molar-refractivity contribution < 1.29 is 14.2 Å². The van der Waals surface area contributed by atoms with Crippen molar-refractivity contribution in [2.75, 3.05) is 0 Å². The van der Waals surface area contributed by atoms with Gasteiger partial charge in [-0.1, -0.05) is 35.5 Å². The van der Waals surface area contributed by atoms with Crippen LogP contribution >= 0.6 is 0 Å². The van der Waals surface area contributed by atoms with E-state index in [9.17, 15) is 10.1 Å².